The molecule has 1 aliphatic carbocycles. The molecule has 0 aromatic carbocycles. The fraction of sp³-hybridized carbons (Fsp3) is 0.368. The van der Waals surface area contributed by atoms with Crippen LogP contribution < -0.4 is 5.32 Å². The average Bonchev–Trinajstić information content (AvgIpc) is 3.23. The molecule has 3 aromatic heterocycles. The SMILES string of the molecule is Cc1ccc(-c2nn(C(C)C)c3c2CCc2nc(NC(=O)CCl)sc2-3)cn1. The number of hydrogen-bond acceptors (Lipinski definition) is 5. The standard InChI is InChI=1S/C19H20ClN5OS/c1-10(2)25-17-13(16(24-25)12-5-4-11(3)21-9-12)6-7-14-18(17)27-19(22-14)23-15(26)8-20/h4-5,9-10H,6-8H2,1-3H3,(H,22,23,26). The van der Waals surface area contributed by atoms with Gasteiger partial charge in [0.1, 0.15) is 5.88 Å². The summed E-state index contributed by atoms with van der Waals surface area (Å²) in [5.74, 6) is -0.323. The van der Waals surface area contributed by atoms with E-state index in [0.29, 0.717) is 5.13 Å². The summed E-state index contributed by atoms with van der Waals surface area (Å²) in [6, 6.07) is 4.29. The van der Waals surface area contributed by atoms with Crippen molar-refractivity contribution in [2.24, 2.45) is 0 Å². The van der Waals surface area contributed by atoms with Crippen LogP contribution >= 0.6 is 22.9 Å². The van der Waals surface area contributed by atoms with Crippen molar-refractivity contribution in [2.75, 3.05) is 11.2 Å². The molecule has 140 valence electrons. The number of thiazole rings is 1. The van der Waals surface area contributed by atoms with Gasteiger partial charge in [-0.3, -0.25) is 14.5 Å². The van der Waals surface area contributed by atoms with Gasteiger partial charge < -0.3 is 5.32 Å². The molecule has 1 amide bonds. The first-order valence-corrected chi connectivity index (χ1v) is 10.2. The van der Waals surface area contributed by atoms with Crippen molar-refractivity contribution in [1.29, 1.82) is 0 Å². The molecule has 4 rings (SSSR count). The quantitative estimate of drug-likeness (QED) is 0.664. The number of pyridine rings is 1. The van der Waals surface area contributed by atoms with Gasteiger partial charge in [-0.05, 0) is 45.7 Å². The van der Waals surface area contributed by atoms with Crippen LogP contribution in [0, 0.1) is 6.92 Å². The molecule has 0 saturated carbocycles. The minimum Gasteiger partial charge on any atom is -0.301 e. The summed E-state index contributed by atoms with van der Waals surface area (Å²) in [4.78, 5) is 21.7. The number of aromatic nitrogens is 4. The number of amides is 1. The molecule has 6 nitrogen and oxygen atoms in total. The Kier molecular flexibility index (Phi) is 4.74. The van der Waals surface area contributed by atoms with Crippen molar-refractivity contribution in [3.8, 4) is 21.8 Å². The first-order chi connectivity index (χ1) is 13.0. The minimum absolute atomic E-state index is 0.0794. The molecule has 0 aliphatic heterocycles. The zero-order chi connectivity index (χ0) is 19.1. The largest absolute Gasteiger partial charge is 0.301 e. The third-order valence-electron chi connectivity index (χ3n) is 4.57. The Labute approximate surface area is 166 Å². The van der Waals surface area contributed by atoms with E-state index in [9.17, 15) is 4.79 Å². The Hall–Kier alpha value is -2.25. The second kappa shape index (κ2) is 7.05. The van der Waals surface area contributed by atoms with Crippen LogP contribution in [0.5, 0.6) is 0 Å². The van der Waals surface area contributed by atoms with Crippen LogP contribution in [-0.2, 0) is 17.6 Å². The van der Waals surface area contributed by atoms with Gasteiger partial charge in [0, 0.05) is 29.1 Å². The number of nitrogens with one attached hydrogen (secondary N) is 1. The lowest BCUT2D eigenvalue weighted by Gasteiger charge is -2.15. The molecule has 27 heavy (non-hydrogen) atoms. The molecule has 1 aliphatic rings. The number of hydrogen-bond donors (Lipinski definition) is 1. The van der Waals surface area contributed by atoms with Crippen molar-refractivity contribution in [3.63, 3.8) is 0 Å². The van der Waals surface area contributed by atoms with E-state index in [1.807, 2.05) is 19.2 Å². The summed E-state index contributed by atoms with van der Waals surface area (Å²) in [7, 11) is 0. The summed E-state index contributed by atoms with van der Waals surface area (Å²) in [6.45, 7) is 6.22. The van der Waals surface area contributed by atoms with Crippen LogP contribution in [0.2, 0.25) is 0 Å². The predicted molar refractivity (Wildman–Crippen MR) is 108 cm³/mol. The lowest BCUT2D eigenvalue weighted by Crippen LogP contribution is -2.12. The molecule has 0 atom stereocenters. The summed E-state index contributed by atoms with van der Waals surface area (Å²) in [5, 5.41) is 8.28. The lowest BCUT2D eigenvalue weighted by molar-refractivity contribution is -0.113. The van der Waals surface area contributed by atoms with Crippen molar-refractivity contribution < 1.29 is 4.79 Å². The zero-order valence-electron chi connectivity index (χ0n) is 15.4. The lowest BCUT2D eigenvalue weighted by atomic mass is 9.95. The van der Waals surface area contributed by atoms with E-state index in [0.717, 1.165) is 46.1 Å². The van der Waals surface area contributed by atoms with E-state index in [4.69, 9.17) is 16.7 Å². The smallest absolute Gasteiger partial charge is 0.241 e. The first-order valence-electron chi connectivity index (χ1n) is 8.88. The molecule has 0 saturated heterocycles. The van der Waals surface area contributed by atoms with E-state index >= 15 is 0 Å². The highest BCUT2D eigenvalue weighted by Crippen LogP contribution is 2.43. The maximum Gasteiger partial charge on any atom is 0.241 e. The van der Waals surface area contributed by atoms with Crippen LogP contribution in [0.3, 0.4) is 0 Å². The van der Waals surface area contributed by atoms with E-state index in [1.165, 1.54) is 16.9 Å². The number of fused-ring (bicyclic) bond motifs is 3. The van der Waals surface area contributed by atoms with Gasteiger partial charge >= 0.3 is 0 Å². The van der Waals surface area contributed by atoms with Gasteiger partial charge in [-0.2, -0.15) is 5.10 Å². The van der Waals surface area contributed by atoms with Crippen LogP contribution in [0.1, 0.15) is 36.8 Å². The second-order valence-electron chi connectivity index (χ2n) is 6.88. The number of nitrogens with zero attached hydrogens (tertiary/aromatic N) is 4. The van der Waals surface area contributed by atoms with E-state index < -0.39 is 0 Å². The molecule has 0 fully saturated rings. The van der Waals surface area contributed by atoms with Crippen LogP contribution in [-0.4, -0.2) is 31.5 Å². The Balaban J connectivity index is 1.84. The van der Waals surface area contributed by atoms with E-state index in [2.05, 4.69) is 39.9 Å². The van der Waals surface area contributed by atoms with Crippen LogP contribution in [0.25, 0.3) is 21.8 Å². The number of aryl methyl sites for hydroxylation is 2. The fourth-order valence-electron chi connectivity index (χ4n) is 3.32. The maximum absolute atomic E-state index is 11.6. The summed E-state index contributed by atoms with van der Waals surface area (Å²) >= 11 is 7.09. The van der Waals surface area contributed by atoms with Crippen molar-refractivity contribution in [1.82, 2.24) is 19.7 Å². The monoisotopic (exact) mass is 401 g/mol. The average molecular weight is 402 g/mol. The summed E-state index contributed by atoms with van der Waals surface area (Å²) in [6.07, 6.45) is 3.58. The Morgan fingerprint density at radius 2 is 2.19 bits per heavy atom. The first kappa shape index (κ1) is 18.1. The molecule has 0 bridgehead atoms. The predicted octanol–water partition coefficient (Wildman–Crippen LogP) is 4.23. The molecule has 3 heterocycles. The van der Waals surface area contributed by atoms with Gasteiger partial charge in [0.2, 0.25) is 5.91 Å². The van der Waals surface area contributed by atoms with Gasteiger partial charge in [0.05, 0.1) is 22.0 Å². The molecular weight excluding hydrogens is 382 g/mol. The number of carbonyl (C=O) groups is 1. The third-order valence-corrected chi connectivity index (χ3v) is 5.84. The highest BCUT2D eigenvalue weighted by Gasteiger charge is 2.30. The number of halogens is 1. The van der Waals surface area contributed by atoms with Crippen molar-refractivity contribution >= 4 is 34.0 Å². The third kappa shape index (κ3) is 3.26. The van der Waals surface area contributed by atoms with Crippen molar-refractivity contribution in [2.45, 2.75) is 39.7 Å². The van der Waals surface area contributed by atoms with Gasteiger partial charge in [0.15, 0.2) is 5.13 Å². The Bertz CT molecular complexity index is 1010. The highest BCUT2D eigenvalue weighted by molar-refractivity contribution is 7.19. The normalized spacial score (nSPS) is 12.8. The Morgan fingerprint density at radius 1 is 1.37 bits per heavy atom. The van der Waals surface area contributed by atoms with Gasteiger partial charge in [0.25, 0.3) is 0 Å². The van der Waals surface area contributed by atoms with E-state index in [1.54, 1.807) is 0 Å². The fourth-order valence-corrected chi connectivity index (χ4v) is 4.48. The number of alkyl halides is 1. The van der Waals surface area contributed by atoms with Gasteiger partial charge in [-0.25, -0.2) is 4.98 Å². The summed E-state index contributed by atoms with van der Waals surface area (Å²) in [5.41, 5.74) is 6.33. The minimum atomic E-state index is -0.244. The molecule has 1 N–H and O–H groups in total. The van der Waals surface area contributed by atoms with Gasteiger partial charge in [-0.15, -0.1) is 11.6 Å². The highest BCUT2D eigenvalue weighted by atomic mass is 35.5. The number of carbonyl (C=O) groups excluding carboxylic acids is 1. The van der Waals surface area contributed by atoms with E-state index in [-0.39, 0.29) is 17.8 Å². The summed E-state index contributed by atoms with van der Waals surface area (Å²) < 4.78 is 2.06. The second-order valence-corrected chi connectivity index (χ2v) is 8.15. The van der Waals surface area contributed by atoms with Crippen molar-refractivity contribution in [3.05, 3.63) is 35.3 Å². The van der Waals surface area contributed by atoms with Gasteiger partial charge in [-0.1, -0.05) is 11.3 Å². The van der Waals surface area contributed by atoms with Crippen LogP contribution in [0.4, 0.5) is 5.13 Å². The molecule has 3 aromatic rings. The molecule has 0 radical (unpaired) electrons. The molecule has 8 heteroatoms. The number of anilines is 1. The topological polar surface area (TPSA) is 72.7 Å². The zero-order valence-corrected chi connectivity index (χ0v) is 17.0. The van der Waals surface area contributed by atoms with Crippen LogP contribution in [0.15, 0.2) is 18.3 Å². The molecule has 0 unspecified atom stereocenters. The Morgan fingerprint density at radius 3 is 2.85 bits per heavy atom. The molecule has 0 spiro atoms. The number of rotatable bonds is 4. The molecular formula is C19H20ClN5OS. The maximum atomic E-state index is 11.6.